The predicted molar refractivity (Wildman–Crippen MR) is 119 cm³/mol. The van der Waals surface area contributed by atoms with Crippen molar-refractivity contribution in [3.63, 3.8) is 0 Å². The van der Waals surface area contributed by atoms with E-state index in [1.807, 2.05) is 52.7 Å². The van der Waals surface area contributed by atoms with E-state index >= 15 is 0 Å². The first-order chi connectivity index (χ1) is 15.1. The van der Waals surface area contributed by atoms with Crippen LogP contribution in [-0.4, -0.2) is 30.2 Å². The lowest BCUT2D eigenvalue weighted by molar-refractivity contribution is 0.0941. The fourth-order valence-corrected chi connectivity index (χ4v) is 3.92. The lowest BCUT2D eigenvalue weighted by atomic mass is 10.1. The largest absolute Gasteiger partial charge is 0.345 e. The summed E-state index contributed by atoms with van der Waals surface area (Å²) in [7, 11) is 0. The van der Waals surface area contributed by atoms with Gasteiger partial charge < -0.3 is 9.88 Å². The molecule has 7 nitrogen and oxygen atoms in total. The molecular formula is C24H26N6O. The molecule has 0 saturated heterocycles. The van der Waals surface area contributed by atoms with Gasteiger partial charge in [0.2, 0.25) is 0 Å². The van der Waals surface area contributed by atoms with Crippen LogP contribution in [0.5, 0.6) is 0 Å². The average Bonchev–Trinajstić information content (AvgIpc) is 3.34. The van der Waals surface area contributed by atoms with Crippen molar-refractivity contribution in [2.24, 2.45) is 0 Å². The van der Waals surface area contributed by atoms with Crippen LogP contribution >= 0.6 is 0 Å². The van der Waals surface area contributed by atoms with E-state index in [2.05, 4.69) is 22.3 Å². The van der Waals surface area contributed by atoms with E-state index < -0.39 is 0 Å². The van der Waals surface area contributed by atoms with Gasteiger partial charge in [-0.05, 0) is 49.9 Å². The molecule has 1 aliphatic carbocycles. The Morgan fingerprint density at radius 2 is 2.06 bits per heavy atom. The Bertz CT molecular complexity index is 1210. The van der Waals surface area contributed by atoms with Crippen LogP contribution in [-0.2, 0) is 6.54 Å². The van der Waals surface area contributed by atoms with Crippen molar-refractivity contribution in [3.8, 4) is 5.69 Å². The number of imidazole rings is 1. The van der Waals surface area contributed by atoms with E-state index in [0.717, 1.165) is 53.8 Å². The molecule has 5 rings (SSSR count). The van der Waals surface area contributed by atoms with Crippen LogP contribution in [0.3, 0.4) is 0 Å². The van der Waals surface area contributed by atoms with Crippen molar-refractivity contribution in [1.29, 1.82) is 0 Å². The lowest BCUT2D eigenvalue weighted by Gasteiger charge is -2.16. The van der Waals surface area contributed by atoms with Crippen molar-refractivity contribution in [1.82, 2.24) is 29.6 Å². The van der Waals surface area contributed by atoms with Gasteiger partial charge in [0.05, 0.1) is 29.5 Å². The number of carbonyl (C=O) groups excluding carboxylic acids is 1. The molecule has 1 amide bonds. The quantitative estimate of drug-likeness (QED) is 0.486. The van der Waals surface area contributed by atoms with E-state index in [0.29, 0.717) is 11.5 Å². The molecule has 1 fully saturated rings. The zero-order valence-corrected chi connectivity index (χ0v) is 17.8. The first kappa shape index (κ1) is 19.5. The monoisotopic (exact) mass is 414 g/mol. The molecule has 158 valence electrons. The van der Waals surface area contributed by atoms with Gasteiger partial charge in [-0.15, -0.1) is 0 Å². The van der Waals surface area contributed by atoms with Crippen LogP contribution in [0, 0.1) is 0 Å². The molecule has 4 aromatic rings. The Morgan fingerprint density at radius 1 is 1.26 bits per heavy atom. The number of hydrogen-bond acceptors (Lipinski definition) is 4. The normalized spacial score (nSPS) is 14.6. The van der Waals surface area contributed by atoms with Gasteiger partial charge >= 0.3 is 0 Å². The predicted octanol–water partition coefficient (Wildman–Crippen LogP) is 4.40. The third-order valence-corrected chi connectivity index (χ3v) is 5.85. The van der Waals surface area contributed by atoms with Gasteiger partial charge in [-0.25, -0.2) is 14.6 Å². The number of amides is 1. The number of nitrogens with zero attached hydrogens (tertiary/aromatic N) is 5. The molecule has 3 heterocycles. The molecule has 0 radical (unpaired) electrons. The third-order valence-electron chi connectivity index (χ3n) is 5.85. The van der Waals surface area contributed by atoms with Gasteiger partial charge in [-0.3, -0.25) is 4.79 Å². The SMILES string of the molecule is CCCn1ncc2c(C(=O)NC(C)c3ccc(-n4ccnc4)cc3)cc(C3CC3)nc21. The second-order valence-electron chi connectivity index (χ2n) is 8.23. The van der Waals surface area contributed by atoms with Crippen LogP contribution in [0.4, 0.5) is 0 Å². The van der Waals surface area contributed by atoms with Crippen LogP contribution in [0.1, 0.15) is 66.7 Å². The molecular weight excluding hydrogens is 388 g/mol. The average molecular weight is 415 g/mol. The van der Waals surface area contributed by atoms with Gasteiger partial charge in [0, 0.05) is 36.2 Å². The molecule has 1 aliphatic rings. The first-order valence-electron chi connectivity index (χ1n) is 10.9. The Morgan fingerprint density at radius 3 is 2.74 bits per heavy atom. The number of nitrogens with one attached hydrogen (secondary N) is 1. The van der Waals surface area contributed by atoms with Gasteiger partial charge in [0.25, 0.3) is 5.91 Å². The summed E-state index contributed by atoms with van der Waals surface area (Å²) in [4.78, 5) is 22.2. The minimum absolute atomic E-state index is 0.0865. The van der Waals surface area contributed by atoms with Crippen LogP contribution in [0.15, 0.2) is 55.2 Å². The zero-order valence-electron chi connectivity index (χ0n) is 17.8. The minimum Gasteiger partial charge on any atom is -0.345 e. The number of aryl methyl sites for hydroxylation is 1. The Kier molecular flexibility index (Phi) is 5.02. The topological polar surface area (TPSA) is 77.6 Å². The van der Waals surface area contributed by atoms with E-state index in [4.69, 9.17) is 4.98 Å². The first-order valence-corrected chi connectivity index (χ1v) is 10.9. The number of rotatable bonds is 7. The van der Waals surface area contributed by atoms with E-state index in [9.17, 15) is 4.79 Å². The Labute approximate surface area is 181 Å². The number of pyridine rings is 1. The summed E-state index contributed by atoms with van der Waals surface area (Å²) in [6.07, 6.45) is 10.5. The molecule has 31 heavy (non-hydrogen) atoms. The lowest BCUT2D eigenvalue weighted by Crippen LogP contribution is -2.27. The summed E-state index contributed by atoms with van der Waals surface area (Å²) in [5, 5.41) is 8.47. The summed E-state index contributed by atoms with van der Waals surface area (Å²) in [5.41, 5.74) is 4.57. The van der Waals surface area contributed by atoms with Crippen molar-refractivity contribution < 1.29 is 4.79 Å². The van der Waals surface area contributed by atoms with E-state index in [1.54, 1.807) is 18.7 Å². The Hall–Kier alpha value is -3.48. The fourth-order valence-electron chi connectivity index (χ4n) is 3.92. The van der Waals surface area contributed by atoms with Crippen molar-refractivity contribution in [2.45, 2.75) is 51.6 Å². The van der Waals surface area contributed by atoms with Gasteiger partial charge in [-0.1, -0.05) is 19.1 Å². The van der Waals surface area contributed by atoms with Crippen molar-refractivity contribution in [3.05, 3.63) is 72.1 Å². The highest BCUT2D eigenvalue weighted by atomic mass is 16.1. The molecule has 3 aromatic heterocycles. The summed E-state index contributed by atoms with van der Waals surface area (Å²) in [5.74, 6) is 0.380. The molecule has 0 spiro atoms. The van der Waals surface area contributed by atoms with Gasteiger partial charge in [0.1, 0.15) is 0 Å². The number of benzene rings is 1. The highest BCUT2D eigenvalue weighted by Gasteiger charge is 2.28. The number of hydrogen-bond donors (Lipinski definition) is 1. The van der Waals surface area contributed by atoms with Gasteiger partial charge in [-0.2, -0.15) is 5.10 Å². The maximum atomic E-state index is 13.3. The number of carbonyl (C=O) groups is 1. The highest BCUT2D eigenvalue weighted by Crippen LogP contribution is 2.40. The molecule has 1 saturated carbocycles. The number of aromatic nitrogens is 5. The molecule has 0 bridgehead atoms. The van der Waals surface area contributed by atoms with Crippen LogP contribution in [0.2, 0.25) is 0 Å². The molecule has 7 heteroatoms. The standard InChI is InChI=1S/C24H26N6O/c1-3-11-30-23-21(14-26-30)20(13-22(28-23)18-4-5-18)24(31)27-16(2)17-6-8-19(9-7-17)29-12-10-25-15-29/h6-10,12-16,18H,3-5,11H2,1-2H3,(H,27,31). The summed E-state index contributed by atoms with van der Waals surface area (Å²) in [6.45, 7) is 4.92. The smallest absolute Gasteiger partial charge is 0.252 e. The maximum absolute atomic E-state index is 13.3. The summed E-state index contributed by atoms with van der Waals surface area (Å²) >= 11 is 0. The Balaban J connectivity index is 1.40. The fraction of sp³-hybridized carbons (Fsp3) is 0.333. The van der Waals surface area contributed by atoms with Crippen molar-refractivity contribution >= 4 is 16.9 Å². The van der Waals surface area contributed by atoms with Gasteiger partial charge in [0.15, 0.2) is 5.65 Å². The van der Waals surface area contributed by atoms with E-state index in [-0.39, 0.29) is 11.9 Å². The zero-order chi connectivity index (χ0) is 21.4. The highest BCUT2D eigenvalue weighted by molar-refractivity contribution is 6.05. The summed E-state index contributed by atoms with van der Waals surface area (Å²) in [6, 6.07) is 9.98. The second kappa shape index (κ2) is 7.98. The maximum Gasteiger partial charge on any atom is 0.252 e. The number of fused-ring (bicyclic) bond motifs is 1. The third kappa shape index (κ3) is 3.83. The molecule has 1 atom stereocenters. The molecule has 1 unspecified atom stereocenters. The van der Waals surface area contributed by atoms with E-state index in [1.165, 1.54) is 0 Å². The summed E-state index contributed by atoms with van der Waals surface area (Å²) < 4.78 is 3.87. The van der Waals surface area contributed by atoms with Crippen LogP contribution in [0.25, 0.3) is 16.7 Å². The minimum atomic E-state index is -0.123. The van der Waals surface area contributed by atoms with Crippen molar-refractivity contribution in [2.75, 3.05) is 0 Å². The molecule has 1 aromatic carbocycles. The van der Waals surface area contributed by atoms with Crippen LogP contribution < -0.4 is 5.32 Å². The molecule has 1 N–H and O–H groups in total. The second-order valence-corrected chi connectivity index (χ2v) is 8.23. The molecule has 0 aliphatic heterocycles.